The number of carbonyl (C=O) groups is 1. The van der Waals surface area contributed by atoms with Crippen LogP contribution in [-0.2, 0) is 28.7 Å². The van der Waals surface area contributed by atoms with Crippen LogP contribution in [0.15, 0.2) is 90.1 Å². The first-order chi connectivity index (χ1) is 32.6. The molecule has 0 aliphatic carbocycles. The molecule has 0 spiro atoms. The third kappa shape index (κ3) is 9.60. The maximum atomic E-state index is 18.0. The van der Waals surface area contributed by atoms with Crippen LogP contribution in [0.2, 0.25) is 5.02 Å². The lowest BCUT2D eigenvalue weighted by Crippen LogP contribution is -2.34. The van der Waals surface area contributed by atoms with Gasteiger partial charge in [0.1, 0.15) is 42.2 Å². The van der Waals surface area contributed by atoms with Crippen LogP contribution in [0.25, 0.3) is 11.3 Å². The van der Waals surface area contributed by atoms with Gasteiger partial charge in [-0.25, -0.2) is 24.1 Å². The first-order valence-electron chi connectivity index (χ1n) is 21.3. The number of halogens is 5. The molecule has 3 aromatic carbocycles. The number of benzene rings is 3. The van der Waals surface area contributed by atoms with Gasteiger partial charge in [-0.05, 0) is 79.8 Å². The number of aliphatic imine (C=N–C) groups is 1. The van der Waals surface area contributed by atoms with Crippen LogP contribution in [0.5, 0.6) is 17.2 Å². The number of amidine groups is 1. The summed E-state index contributed by atoms with van der Waals surface area (Å²) in [6.45, 7) is 3.48. The van der Waals surface area contributed by atoms with Crippen molar-refractivity contribution in [2.24, 2.45) is 10.4 Å². The second-order valence-electron chi connectivity index (χ2n) is 16.3. The smallest absolute Gasteiger partial charge is 0.418 e. The SMILES string of the molecule is COc1ccc(CN(Cc2ccc(OC)cc2)c2cc(C)c(C(F)(F)F)c(-c3c(F)c4c5c(c3Cl)NCN=C5N(C(C)c3cccnc3NC(=O)O)C=C(OCC3(C#N)CCOCC3)O4)n2)cc1. The third-order valence-corrected chi connectivity index (χ3v) is 12.3. The number of aromatic nitrogens is 2. The van der Waals surface area contributed by atoms with E-state index in [9.17, 15) is 15.2 Å². The summed E-state index contributed by atoms with van der Waals surface area (Å²) in [5, 5.41) is 24.8. The molecule has 1 saturated heterocycles. The molecule has 2 aromatic heterocycles. The number of nitriles is 1. The summed E-state index contributed by atoms with van der Waals surface area (Å²) in [6.07, 6.45) is -3.03. The standard InChI is InChI=1S/C48H45ClF4N8O7/c1-27-20-34(60(21-29-7-11-31(64-3)12-8-29)22-30-9-13-32(65-4)14-10-30)58-41(38(27)48(51,52)53)36-39(49)42-37-43(40(36)50)68-35(67-25-47(24-54)15-18-66-19-16-47)23-61(45(37)57-26-56-42)28(2)33-6-5-17-55-44(33)59-46(62)63/h5-14,17,20,23,28,56H,15-16,18-19,21-22,25-26H2,1-4H3,(H,55,59)(H,62,63). The number of amides is 1. The van der Waals surface area contributed by atoms with Gasteiger partial charge in [-0.15, -0.1) is 0 Å². The Kier molecular flexibility index (Phi) is 13.5. The quantitative estimate of drug-likeness (QED) is 0.0898. The van der Waals surface area contributed by atoms with Gasteiger partial charge >= 0.3 is 18.2 Å². The fraction of sp³-hybridized carbons (Fsp3) is 0.312. The van der Waals surface area contributed by atoms with Crippen molar-refractivity contribution in [1.29, 1.82) is 5.26 Å². The Labute approximate surface area is 393 Å². The highest BCUT2D eigenvalue weighted by Crippen LogP contribution is 2.51. The second kappa shape index (κ2) is 19.5. The van der Waals surface area contributed by atoms with Gasteiger partial charge in [0.15, 0.2) is 11.6 Å². The van der Waals surface area contributed by atoms with Crippen molar-refractivity contribution in [3.05, 3.63) is 129 Å². The van der Waals surface area contributed by atoms with E-state index >= 15 is 17.6 Å². The maximum Gasteiger partial charge on any atom is 0.418 e. The van der Waals surface area contributed by atoms with Gasteiger partial charge in [0.2, 0.25) is 0 Å². The number of aryl methyl sites for hydroxylation is 1. The monoisotopic (exact) mass is 956 g/mol. The predicted octanol–water partition coefficient (Wildman–Crippen LogP) is 10.3. The number of hydrogen-bond donors (Lipinski definition) is 3. The molecule has 5 heterocycles. The number of anilines is 3. The van der Waals surface area contributed by atoms with Crippen molar-refractivity contribution < 1.29 is 51.1 Å². The lowest BCUT2D eigenvalue weighted by Gasteiger charge is -2.32. The molecule has 68 heavy (non-hydrogen) atoms. The molecule has 1 fully saturated rings. The van der Waals surface area contributed by atoms with Crippen molar-refractivity contribution in [3.8, 4) is 34.6 Å². The number of nitrogens with zero attached hydrogens (tertiary/aromatic N) is 6. The molecule has 0 bridgehead atoms. The minimum absolute atomic E-state index is 0.0113. The van der Waals surface area contributed by atoms with E-state index in [2.05, 4.69) is 31.7 Å². The van der Waals surface area contributed by atoms with Gasteiger partial charge in [0, 0.05) is 38.1 Å². The molecule has 354 valence electrons. The molecule has 0 saturated carbocycles. The van der Waals surface area contributed by atoms with Crippen molar-refractivity contribution >= 4 is 40.9 Å². The van der Waals surface area contributed by atoms with Crippen LogP contribution in [-0.4, -0.2) is 72.6 Å². The van der Waals surface area contributed by atoms with E-state index in [1.165, 1.54) is 44.5 Å². The van der Waals surface area contributed by atoms with Crippen molar-refractivity contribution in [2.45, 2.75) is 52.0 Å². The van der Waals surface area contributed by atoms with Crippen LogP contribution in [0.4, 0.5) is 39.7 Å². The molecule has 0 radical (unpaired) electrons. The minimum Gasteiger partial charge on any atom is -0.497 e. The second-order valence-corrected chi connectivity index (χ2v) is 16.6. The van der Waals surface area contributed by atoms with Crippen LogP contribution in [0.1, 0.15) is 59.2 Å². The Morgan fingerprint density at radius 2 is 1.71 bits per heavy atom. The van der Waals surface area contributed by atoms with E-state index in [1.807, 2.05) is 24.3 Å². The van der Waals surface area contributed by atoms with Crippen molar-refractivity contribution in [2.75, 3.05) is 56.2 Å². The normalized spacial score (nSPS) is 15.5. The van der Waals surface area contributed by atoms with Gasteiger partial charge in [0.25, 0.3) is 0 Å². The average molecular weight is 957 g/mol. The molecule has 3 aliphatic rings. The Hall–Kier alpha value is -7.30. The van der Waals surface area contributed by atoms with Crippen molar-refractivity contribution in [3.63, 3.8) is 0 Å². The van der Waals surface area contributed by atoms with Crippen LogP contribution >= 0.6 is 11.6 Å². The van der Waals surface area contributed by atoms with E-state index in [-0.39, 0.29) is 79.8 Å². The predicted molar refractivity (Wildman–Crippen MR) is 244 cm³/mol. The average Bonchev–Trinajstić information content (AvgIpc) is 3.50. The van der Waals surface area contributed by atoms with E-state index < -0.39 is 57.1 Å². The Morgan fingerprint density at radius 3 is 2.29 bits per heavy atom. The lowest BCUT2D eigenvalue weighted by atomic mass is 9.83. The highest BCUT2D eigenvalue weighted by atomic mass is 35.5. The van der Waals surface area contributed by atoms with Crippen molar-refractivity contribution in [1.82, 2.24) is 14.9 Å². The maximum absolute atomic E-state index is 18.0. The number of rotatable bonds is 14. The highest BCUT2D eigenvalue weighted by Gasteiger charge is 2.43. The first kappa shape index (κ1) is 47.2. The van der Waals surface area contributed by atoms with Crippen LogP contribution < -0.4 is 29.7 Å². The molecule has 3 aliphatic heterocycles. The van der Waals surface area contributed by atoms with E-state index in [4.69, 9.17) is 35.3 Å². The summed E-state index contributed by atoms with van der Waals surface area (Å²) in [5.74, 6) is -0.915. The van der Waals surface area contributed by atoms with Gasteiger partial charge < -0.3 is 43.9 Å². The minimum atomic E-state index is -5.05. The summed E-state index contributed by atoms with van der Waals surface area (Å²) in [6, 6.07) is 20.4. The Balaban J connectivity index is 1.31. The first-order valence-corrected chi connectivity index (χ1v) is 21.7. The topological polar surface area (TPSA) is 176 Å². The summed E-state index contributed by atoms with van der Waals surface area (Å²) in [7, 11) is 3.07. The van der Waals surface area contributed by atoms with E-state index in [1.54, 1.807) is 48.2 Å². The molecule has 20 heteroatoms. The number of methoxy groups -OCH3 is 2. The number of carboxylic acid groups (broad SMARTS) is 1. The number of pyridine rings is 2. The van der Waals surface area contributed by atoms with E-state index in [0.29, 0.717) is 29.9 Å². The van der Waals surface area contributed by atoms with Gasteiger partial charge in [-0.1, -0.05) is 41.9 Å². The summed E-state index contributed by atoms with van der Waals surface area (Å²) < 4.78 is 93.2. The fourth-order valence-corrected chi connectivity index (χ4v) is 8.68. The van der Waals surface area contributed by atoms with Crippen LogP contribution in [0, 0.1) is 29.5 Å². The molecule has 5 aromatic rings. The van der Waals surface area contributed by atoms with Gasteiger partial charge in [-0.3, -0.25) is 5.32 Å². The highest BCUT2D eigenvalue weighted by molar-refractivity contribution is 6.37. The van der Waals surface area contributed by atoms with Gasteiger partial charge in [-0.2, -0.15) is 18.4 Å². The summed E-state index contributed by atoms with van der Waals surface area (Å²) >= 11 is 7.17. The molecular formula is C48H45ClF4N8O7. The molecule has 15 nitrogen and oxygen atoms in total. The zero-order chi connectivity index (χ0) is 48.3. The Morgan fingerprint density at radius 1 is 1.06 bits per heavy atom. The number of ether oxygens (including phenoxy) is 5. The Bertz CT molecular complexity index is 2770. The number of alkyl halides is 3. The molecule has 1 atom stereocenters. The molecule has 3 N–H and O–H groups in total. The van der Waals surface area contributed by atoms with Gasteiger partial charge in [0.05, 0.1) is 71.0 Å². The number of hydrogen-bond acceptors (Lipinski definition) is 13. The third-order valence-electron chi connectivity index (χ3n) is 12.0. The largest absolute Gasteiger partial charge is 0.497 e. The molecule has 8 rings (SSSR count). The van der Waals surface area contributed by atoms with Crippen LogP contribution in [0.3, 0.4) is 0 Å². The molecule has 1 amide bonds. The molecule has 1 unspecified atom stereocenters. The number of nitrogens with one attached hydrogen (secondary N) is 2. The fourth-order valence-electron chi connectivity index (χ4n) is 8.34. The lowest BCUT2D eigenvalue weighted by molar-refractivity contribution is -0.137. The zero-order valence-corrected chi connectivity index (χ0v) is 38.0. The zero-order valence-electron chi connectivity index (χ0n) is 37.2. The summed E-state index contributed by atoms with van der Waals surface area (Å²) in [4.78, 5) is 28.7. The molecular weight excluding hydrogens is 912 g/mol. The summed E-state index contributed by atoms with van der Waals surface area (Å²) in [5.41, 5.74) is -2.19. The van der Waals surface area contributed by atoms with E-state index in [0.717, 1.165) is 11.1 Å².